The summed E-state index contributed by atoms with van der Waals surface area (Å²) in [7, 11) is -2.87. The quantitative estimate of drug-likeness (QED) is 0.508. The molecule has 30 heavy (non-hydrogen) atoms. The summed E-state index contributed by atoms with van der Waals surface area (Å²) in [6.45, 7) is 0.517. The molecule has 9 heteroatoms. The lowest BCUT2D eigenvalue weighted by atomic mass is 10.1. The van der Waals surface area contributed by atoms with E-state index in [9.17, 15) is 13.2 Å². The minimum Gasteiger partial charge on any atom is -0.494 e. The van der Waals surface area contributed by atoms with E-state index in [0.717, 1.165) is 23.0 Å². The molecule has 0 N–H and O–H groups in total. The number of carbonyl (C=O) groups is 1. The van der Waals surface area contributed by atoms with Crippen LogP contribution >= 0.6 is 0 Å². The van der Waals surface area contributed by atoms with Crippen LogP contribution in [0, 0.1) is 11.7 Å². The highest BCUT2D eigenvalue weighted by atomic mass is 32.2. The molecule has 1 aromatic carbocycles. The first kappa shape index (κ1) is 20.1. The Morgan fingerprint density at radius 3 is 2.70 bits per heavy atom. The van der Waals surface area contributed by atoms with E-state index in [4.69, 9.17) is 9.47 Å². The third-order valence-electron chi connectivity index (χ3n) is 4.85. The van der Waals surface area contributed by atoms with Crippen LogP contribution in [0.15, 0.2) is 53.8 Å². The van der Waals surface area contributed by atoms with E-state index in [-0.39, 0.29) is 27.5 Å². The van der Waals surface area contributed by atoms with Crippen LogP contribution in [0.1, 0.15) is 23.2 Å². The number of nitrogens with zero attached hydrogens (tertiary/aromatic N) is 2. The maximum atomic E-state index is 15.0. The van der Waals surface area contributed by atoms with Gasteiger partial charge in [0.2, 0.25) is 0 Å². The van der Waals surface area contributed by atoms with Gasteiger partial charge in [-0.25, -0.2) is 16.8 Å². The van der Waals surface area contributed by atoms with Crippen molar-refractivity contribution in [2.45, 2.75) is 17.7 Å². The SMILES string of the molecule is COc1c(C=O)cn(S(=O)(=O)c2cccnc2)c1-c1ccc(OCC2CC2)cc1F. The normalized spacial score (nSPS) is 13.8. The highest BCUT2D eigenvalue weighted by Crippen LogP contribution is 2.39. The molecule has 0 saturated heterocycles. The zero-order chi connectivity index (χ0) is 21.3. The average molecular weight is 430 g/mol. The van der Waals surface area contributed by atoms with Gasteiger partial charge in [-0.3, -0.25) is 9.78 Å². The van der Waals surface area contributed by atoms with Gasteiger partial charge < -0.3 is 9.47 Å². The molecule has 0 radical (unpaired) electrons. The largest absolute Gasteiger partial charge is 0.494 e. The van der Waals surface area contributed by atoms with Crippen molar-refractivity contribution in [1.82, 2.24) is 8.96 Å². The van der Waals surface area contributed by atoms with Crippen LogP contribution < -0.4 is 9.47 Å². The first-order chi connectivity index (χ1) is 14.5. The van der Waals surface area contributed by atoms with Crippen molar-refractivity contribution in [3.8, 4) is 22.8 Å². The molecule has 4 rings (SSSR count). The van der Waals surface area contributed by atoms with Crippen molar-refractivity contribution in [3.05, 3.63) is 60.3 Å². The van der Waals surface area contributed by atoms with E-state index in [1.807, 2.05) is 0 Å². The van der Waals surface area contributed by atoms with Gasteiger partial charge in [-0.05, 0) is 43.0 Å². The molecule has 2 aromatic heterocycles. The predicted molar refractivity (Wildman–Crippen MR) is 107 cm³/mol. The van der Waals surface area contributed by atoms with Gasteiger partial charge in [-0.1, -0.05) is 0 Å². The Bertz CT molecular complexity index is 1190. The van der Waals surface area contributed by atoms with Crippen molar-refractivity contribution in [2.24, 2.45) is 5.92 Å². The number of pyridine rings is 1. The predicted octanol–water partition coefficient (Wildman–Crippen LogP) is 3.54. The van der Waals surface area contributed by atoms with Gasteiger partial charge in [0.1, 0.15) is 22.2 Å². The minimum absolute atomic E-state index is 0.0200. The van der Waals surface area contributed by atoms with E-state index in [0.29, 0.717) is 24.6 Å². The lowest BCUT2D eigenvalue weighted by molar-refractivity contribution is 0.112. The lowest BCUT2D eigenvalue weighted by Gasteiger charge is -2.13. The van der Waals surface area contributed by atoms with Crippen LogP contribution in [-0.2, 0) is 10.0 Å². The molecule has 0 bridgehead atoms. The monoisotopic (exact) mass is 430 g/mol. The van der Waals surface area contributed by atoms with Gasteiger partial charge >= 0.3 is 0 Å². The molecule has 0 atom stereocenters. The molecule has 156 valence electrons. The topological polar surface area (TPSA) is 87.5 Å². The fourth-order valence-corrected chi connectivity index (χ4v) is 4.45. The zero-order valence-electron chi connectivity index (χ0n) is 16.1. The molecular weight excluding hydrogens is 411 g/mol. The summed E-state index contributed by atoms with van der Waals surface area (Å²) in [6, 6.07) is 7.02. The number of benzene rings is 1. The van der Waals surface area contributed by atoms with Gasteiger partial charge in [-0.15, -0.1) is 0 Å². The molecule has 1 aliphatic rings. The third kappa shape index (κ3) is 3.68. The number of rotatable bonds is 8. The number of hydrogen-bond acceptors (Lipinski definition) is 6. The van der Waals surface area contributed by atoms with Crippen molar-refractivity contribution in [1.29, 1.82) is 0 Å². The second kappa shape index (κ2) is 7.91. The maximum Gasteiger partial charge on any atom is 0.269 e. The van der Waals surface area contributed by atoms with Gasteiger partial charge in [-0.2, -0.15) is 0 Å². The Morgan fingerprint density at radius 1 is 1.30 bits per heavy atom. The minimum atomic E-state index is -4.16. The summed E-state index contributed by atoms with van der Waals surface area (Å²) < 4.78 is 53.1. The number of aldehydes is 1. The van der Waals surface area contributed by atoms with Gasteiger partial charge in [0.15, 0.2) is 12.0 Å². The first-order valence-electron chi connectivity index (χ1n) is 9.28. The van der Waals surface area contributed by atoms with Crippen LogP contribution in [0.5, 0.6) is 11.5 Å². The second-order valence-corrected chi connectivity index (χ2v) is 8.78. The van der Waals surface area contributed by atoms with E-state index in [1.165, 1.54) is 43.8 Å². The third-order valence-corrected chi connectivity index (χ3v) is 6.50. The van der Waals surface area contributed by atoms with Crippen LogP contribution in [0.2, 0.25) is 0 Å². The lowest BCUT2D eigenvalue weighted by Crippen LogP contribution is -2.14. The summed E-state index contributed by atoms with van der Waals surface area (Å²) in [5.41, 5.74) is -0.144. The number of ether oxygens (including phenoxy) is 2. The Morgan fingerprint density at radius 2 is 2.10 bits per heavy atom. The fraction of sp³-hybridized carbons (Fsp3) is 0.238. The Balaban J connectivity index is 1.84. The standard InChI is InChI=1S/C21H19FN2O5S/c1-28-21-15(12-25)11-24(30(26,27)17-3-2-8-23-10-17)20(21)18-7-6-16(9-19(18)22)29-13-14-4-5-14/h2-3,6-12,14H,4-5,13H2,1H3. The van der Waals surface area contributed by atoms with Crippen molar-refractivity contribution < 1.29 is 27.1 Å². The molecule has 1 aliphatic carbocycles. The summed E-state index contributed by atoms with van der Waals surface area (Å²) in [4.78, 5) is 15.3. The number of hydrogen-bond donors (Lipinski definition) is 0. The molecule has 0 aliphatic heterocycles. The van der Waals surface area contributed by atoms with Gasteiger partial charge in [0, 0.05) is 30.2 Å². The van der Waals surface area contributed by atoms with E-state index in [2.05, 4.69) is 4.98 Å². The smallest absolute Gasteiger partial charge is 0.269 e. The Hall–Kier alpha value is -3.20. The summed E-state index contributed by atoms with van der Waals surface area (Å²) in [5.74, 6) is 0.124. The second-order valence-electron chi connectivity index (χ2n) is 6.97. The van der Waals surface area contributed by atoms with Crippen LogP contribution in [0.4, 0.5) is 4.39 Å². The number of aromatic nitrogens is 2. The van der Waals surface area contributed by atoms with Crippen molar-refractivity contribution >= 4 is 16.3 Å². The maximum absolute atomic E-state index is 15.0. The van der Waals surface area contributed by atoms with E-state index in [1.54, 1.807) is 6.07 Å². The van der Waals surface area contributed by atoms with Gasteiger partial charge in [0.05, 0.1) is 19.3 Å². The fourth-order valence-electron chi connectivity index (χ4n) is 3.10. The van der Waals surface area contributed by atoms with E-state index < -0.39 is 15.8 Å². The summed E-state index contributed by atoms with van der Waals surface area (Å²) >= 11 is 0. The van der Waals surface area contributed by atoms with Crippen LogP contribution in [-0.4, -0.2) is 37.4 Å². The molecule has 1 saturated carbocycles. The van der Waals surface area contributed by atoms with Crippen molar-refractivity contribution in [2.75, 3.05) is 13.7 Å². The first-order valence-corrected chi connectivity index (χ1v) is 10.7. The summed E-state index contributed by atoms with van der Waals surface area (Å²) in [5, 5.41) is 0. The van der Waals surface area contributed by atoms with Crippen LogP contribution in [0.3, 0.4) is 0 Å². The molecule has 0 spiro atoms. The van der Waals surface area contributed by atoms with Crippen molar-refractivity contribution in [3.63, 3.8) is 0 Å². The molecule has 0 unspecified atom stereocenters. The Kier molecular flexibility index (Phi) is 5.29. The molecule has 1 fully saturated rings. The number of methoxy groups -OCH3 is 1. The van der Waals surface area contributed by atoms with E-state index >= 15 is 4.39 Å². The molecule has 2 heterocycles. The zero-order valence-corrected chi connectivity index (χ0v) is 16.9. The highest BCUT2D eigenvalue weighted by molar-refractivity contribution is 7.90. The number of carbonyl (C=O) groups excluding carboxylic acids is 1. The van der Waals surface area contributed by atoms with Crippen LogP contribution in [0.25, 0.3) is 11.3 Å². The molecule has 7 nitrogen and oxygen atoms in total. The van der Waals surface area contributed by atoms with Gasteiger partial charge in [0.25, 0.3) is 10.0 Å². The average Bonchev–Trinajstić information content (AvgIpc) is 3.51. The summed E-state index contributed by atoms with van der Waals surface area (Å²) in [6.07, 6.45) is 6.39. The molecule has 3 aromatic rings. The highest BCUT2D eigenvalue weighted by Gasteiger charge is 2.29. The number of halogens is 1. The molecular formula is C21H19FN2O5S. The Labute approximate surface area is 173 Å². The molecule has 0 amide bonds.